The summed E-state index contributed by atoms with van der Waals surface area (Å²) >= 11 is 0. The van der Waals surface area contributed by atoms with Crippen molar-refractivity contribution in [1.82, 2.24) is 10.2 Å². The predicted octanol–water partition coefficient (Wildman–Crippen LogP) is 3.81. The smallest absolute Gasteiger partial charge is 0.240 e. The number of nitrogens with zero attached hydrogens (tertiary/aromatic N) is 1. The van der Waals surface area contributed by atoms with E-state index in [1.807, 2.05) is 0 Å². The molecule has 1 saturated heterocycles. The van der Waals surface area contributed by atoms with Gasteiger partial charge in [-0.3, -0.25) is 9.69 Å². The van der Waals surface area contributed by atoms with Crippen molar-refractivity contribution in [2.45, 2.75) is 65.0 Å². The highest BCUT2D eigenvalue weighted by Crippen LogP contribution is 2.31. The minimum absolute atomic E-state index is 0.150. The molecule has 1 heterocycles. The highest BCUT2D eigenvalue weighted by Gasteiger charge is 2.37. The lowest BCUT2D eigenvalue weighted by atomic mass is 9.87. The standard InChI is InChI=1S/C20H32N2O/c1-15(2)16(3)21-19(23)20(4,5)22-13-11-18(12-14-22)17-9-7-6-8-10-17/h6-10,15-16,18H,11-14H2,1-5H3,(H,21,23)/t16-/m1/s1. The molecule has 1 aliphatic rings. The van der Waals surface area contributed by atoms with Crippen LogP contribution < -0.4 is 5.32 Å². The average Bonchev–Trinajstić information content (AvgIpc) is 2.55. The van der Waals surface area contributed by atoms with Crippen molar-refractivity contribution in [1.29, 1.82) is 0 Å². The Morgan fingerprint density at radius 2 is 1.70 bits per heavy atom. The molecule has 1 amide bonds. The SMILES string of the molecule is CC(C)[C@@H](C)NC(=O)C(C)(C)N1CCC(c2ccccc2)CC1. The largest absolute Gasteiger partial charge is 0.352 e. The first-order valence-electron chi connectivity index (χ1n) is 8.93. The monoisotopic (exact) mass is 316 g/mol. The lowest BCUT2D eigenvalue weighted by Crippen LogP contribution is -2.58. The molecule has 1 N–H and O–H groups in total. The number of piperidine rings is 1. The summed E-state index contributed by atoms with van der Waals surface area (Å²) < 4.78 is 0. The van der Waals surface area contributed by atoms with E-state index in [1.54, 1.807) is 0 Å². The van der Waals surface area contributed by atoms with Crippen LogP contribution in [0.1, 0.15) is 58.9 Å². The second-order valence-electron chi connectivity index (χ2n) is 7.74. The van der Waals surface area contributed by atoms with Gasteiger partial charge in [0.2, 0.25) is 5.91 Å². The number of carbonyl (C=O) groups excluding carboxylic acids is 1. The van der Waals surface area contributed by atoms with Crippen molar-refractivity contribution in [2.75, 3.05) is 13.1 Å². The molecule has 128 valence electrons. The van der Waals surface area contributed by atoms with E-state index in [2.05, 4.69) is 75.2 Å². The van der Waals surface area contributed by atoms with E-state index in [0.717, 1.165) is 25.9 Å². The third-order valence-corrected chi connectivity index (χ3v) is 5.47. The lowest BCUT2D eigenvalue weighted by molar-refractivity contribution is -0.133. The molecule has 0 saturated carbocycles. The number of likely N-dealkylation sites (tertiary alicyclic amines) is 1. The molecule has 0 aliphatic carbocycles. The number of hydrogen-bond donors (Lipinski definition) is 1. The zero-order valence-corrected chi connectivity index (χ0v) is 15.3. The summed E-state index contributed by atoms with van der Waals surface area (Å²) in [5, 5.41) is 3.18. The number of amides is 1. The van der Waals surface area contributed by atoms with Crippen molar-refractivity contribution in [2.24, 2.45) is 5.92 Å². The van der Waals surface area contributed by atoms with Gasteiger partial charge in [-0.15, -0.1) is 0 Å². The van der Waals surface area contributed by atoms with Crippen LogP contribution >= 0.6 is 0 Å². The minimum Gasteiger partial charge on any atom is -0.352 e. The predicted molar refractivity (Wildman–Crippen MR) is 96.5 cm³/mol. The molecule has 2 rings (SSSR count). The van der Waals surface area contributed by atoms with Gasteiger partial charge in [-0.25, -0.2) is 0 Å². The molecular formula is C20H32N2O. The first-order chi connectivity index (χ1) is 10.8. The van der Waals surface area contributed by atoms with Gasteiger partial charge < -0.3 is 5.32 Å². The number of carbonyl (C=O) groups is 1. The van der Waals surface area contributed by atoms with Crippen molar-refractivity contribution in [3.63, 3.8) is 0 Å². The van der Waals surface area contributed by atoms with Crippen LogP contribution in [0.5, 0.6) is 0 Å². The molecule has 3 nitrogen and oxygen atoms in total. The summed E-state index contributed by atoms with van der Waals surface area (Å²) in [6.45, 7) is 12.4. The van der Waals surface area contributed by atoms with E-state index in [1.165, 1.54) is 5.56 Å². The Hall–Kier alpha value is -1.35. The number of hydrogen-bond acceptors (Lipinski definition) is 2. The van der Waals surface area contributed by atoms with E-state index >= 15 is 0 Å². The first-order valence-corrected chi connectivity index (χ1v) is 8.93. The van der Waals surface area contributed by atoms with Crippen molar-refractivity contribution < 1.29 is 4.79 Å². The van der Waals surface area contributed by atoms with Gasteiger partial charge in [-0.05, 0) is 64.1 Å². The third-order valence-electron chi connectivity index (χ3n) is 5.47. The summed E-state index contributed by atoms with van der Waals surface area (Å²) in [4.78, 5) is 15.0. The van der Waals surface area contributed by atoms with Gasteiger partial charge in [-0.2, -0.15) is 0 Å². The molecule has 1 aromatic carbocycles. The molecular weight excluding hydrogens is 284 g/mol. The number of benzene rings is 1. The highest BCUT2D eigenvalue weighted by atomic mass is 16.2. The maximum Gasteiger partial charge on any atom is 0.240 e. The van der Waals surface area contributed by atoms with Gasteiger partial charge in [0.05, 0.1) is 5.54 Å². The van der Waals surface area contributed by atoms with Gasteiger partial charge in [0.1, 0.15) is 0 Å². The second-order valence-corrected chi connectivity index (χ2v) is 7.74. The van der Waals surface area contributed by atoms with Gasteiger partial charge in [0.15, 0.2) is 0 Å². The Kier molecular flexibility index (Phi) is 5.85. The fourth-order valence-corrected chi connectivity index (χ4v) is 3.19. The van der Waals surface area contributed by atoms with Gasteiger partial charge in [0.25, 0.3) is 0 Å². The molecule has 0 spiro atoms. The van der Waals surface area contributed by atoms with Crippen LogP contribution in [0.2, 0.25) is 0 Å². The summed E-state index contributed by atoms with van der Waals surface area (Å²) in [6.07, 6.45) is 2.25. The van der Waals surface area contributed by atoms with E-state index < -0.39 is 5.54 Å². The molecule has 1 atom stereocenters. The normalized spacial score (nSPS) is 18.9. The Bertz CT molecular complexity index is 502. The average molecular weight is 316 g/mol. The van der Waals surface area contributed by atoms with Crippen molar-refractivity contribution >= 4 is 5.91 Å². The minimum atomic E-state index is -0.440. The van der Waals surface area contributed by atoms with Crippen LogP contribution in [-0.4, -0.2) is 35.5 Å². The topological polar surface area (TPSA) is 32.3 Å². The Labute approximate surface area is 141 Å². The molecule has 3 heteroatoms. The van der Waals surface area contributed by atoms with Crippen LogP contribution in [-0.2, 0) is 4.79 Å². The molecule has 0 bridgehead atoms. The first kappa shape index (κ1) is 18.0. The number of rotatable bonds is 5. The fraction of sp³-hybridized carbons (Fsp3) is 0.650. The van der Waals surface area contributed by atoms with Crippen LogP contribution in [0.15, 0.2) is 30.3 Å². The molecule has 0 radical (unpaired) electrons. The van der Waals surface area contributed by atoms with Crippen LogP contribution in [0, 0.1) is 5.92 Å². The van der Waals surface area contributed by atoms with Crippen LogP contribution in [0.3, 0.4) is 0 Å². The lowest BCUT2D eigenvalue weighted by Gasteiger charge is -2.42. The van der Waals surface area contributed by atoms with E-state index in [9.17, 15) is 4.79 Å². The van der Waals surface area contributed by atoms with Crippen LogP contribution in [0.25, 0.3) is 0 Å². The zero-order valence-electron chi connectivity index (χ0n) is 15.3. The number of nitrogens with one attached hydrogen (secondary N) is 1. The summed E-state index contributed by atoms with van der Waals surface area (Å²) in [5.74, 6) is 1.23. The van der Waals surface area contributed by atoms with E-state index in [-0.39, 0.29) is 11.9 Å². The fourth-order valence-electron chi connectivity index (χ4n) is 3.19. The summed E-state index contributed by atoms with van der Waals surface area (Å²) in [5.41, 5.74) is 0.994. The highest BCUT2D eigenvalue weighted by molar-refractivity contribution is 5.85. The molecule has 1 aromatic rings. The molecule has 0 unspecified atom stereocenters. The third kappa shape index (κ3) is 4.35. The van der Waals surface area contributed by atoms with Gasteiger partial charge in [0, 0.05) is 6.04 Å². The van der Waals surface area contributed by atoms with Crippen molar-refractivity contribution in [3.05, 3.63) is 35.9 Å². The zero-order chi connectivity index (χ0) is 17.0. The molecule has 1 fully saturated rings. The molecule has 23 heavy (non-hydrogen) atoms. The molecule has 0 aromatic heterocycles. The van der Waals surface area contributed by atoms with Crippen molar-refractivity contribution in [3.8, 4) is 0 Å². The van der Waals surface area contributed by atoms with E-state index in [0.29, 0.717) is 11.8 Å². The van der Waals surface area contributed by atoms with Gasteiger partial charge >= 0.3 is 0 Å². The maximum absolute atomic E-state index is 12.7. The molecule has 1 aliphatic heterocycles. The Balaban J connectivity index is 1.94. The summed E-state index contributed by atoms with van der Waals surface area (Å²) in [6, 6.07) is 11.0. The van der Waals surface area contributed by atoms with E-state index in [4.69, 9.17) is 0 Å². The summed E-state index contributed by atoms with van der Waals surface area (Å²) in [7, 11) is 0. The quantitative estimate of drug-likeness (QED) is 0.896. The maximum atomic E-state index is 12.7. The van der Waals surface area contributed by atoms with Crippen LogP contribution in [0.4, 0.5) is 0 Å². The Morgan fingerprint density at radius 3 is 2.22 bits per heavy atom. The van der Waals surface area contributed by atoms with Gasteiger partial charge in [-0.1, -0.05) is 44.2 Å². The second kappa shape index (κ2) is 7.48. The Morgan fingerprint density at radius 1 is 1.13 bits per heavy atom.